The third-order valence-corrected chi connectivity index (χ3v) is 5.02. The van der Waals surface area contributed by atoms with Gasteiger partial charge < -0.3 is 14.6 Å². The highest BCUT2D eigenvalue weighted by Crippen LogP contribution is 2.47. The topological polar surface area (TPSA) is 81.7 Å². The Morgan fingerprint density at radius 1 is 1.19 bits per heavy atom. The van der Waals surface area contributed by atoms with Crippen LogP contribution in [0.2, 0.25) is 0 Å². The lowest BCUT2D eigenvalue weighted by atomic mass is 10.2. The molecular formula is C14H28NO5P. The lowest BCUT2D eigenvalue weighted by Gasteiger charge is -2.20. The van der Waals surface area contributed by atoms with Crippen molar-refractivity contribution in [2.24, 2.45) is 0 Å². The molecule has 0 aromatic rings. The number of carbonyl (C=O) groups is 2. The molecule has 0 aliphatic rings. The van der Waals surface area contributed by atoms with Crippen LogP contribution in [0.5, 0.6) is 0 Å². The molecule has 0 saturated carbocycles. The SMILES string of the molecule is CCCCP(=O)(CC(=O)CNC(=O)OC(C)(C)C)OCC. The van der Waals surface area contributed by atoms with E-state index in [1.807, 2.05) is 6.92 Å². The quantitative estimate of drug-likeness (QED) is 0.660. The van der Waals surface area contributed by atoms with Crippen LogP contribution in [0.15, 0.2) is 0 Å². The molecule has 0 aromatic heterocycles. The Morgan fingerprint density at radius 2 is 1.81 bits per heavy atom. The van der Waals surface area contributed by atoms with Gasteiger partial charge in [-0.2, -0.15) is 0 Å². The number of ether oxygens (including phenoxy) is 1. The summed E-state index contributed by atoms with van der Waals surface area (Å²) in [4.78, 5) is 23.3. The molecule has 0 heterocycles. The van der Waals surface area contributed by atoms with Crippen LogP contribution in [-0.2, 0) is 18.6 Å². The second kappa shape index (κ2) is 9.21. The standard InChI is InChI=1S/C14H28NO5P/c1-6-8-9-21(18,19-7-2)11-12(16)10-15-13(17)20-14(3,4)5/h6-11H2,1-5H3,(H,15,17). The molecule has 0 bridgehead atoms. The molecule has 6 nitrogen and oxygen atoms in total. The summed E-state index contributed by atoms with van der Waals surface area (Å²) in [5, 5.41) is 2.37. The highest BCUT2D eigenvalue weighted by Gasteiger charge is 2.26. The molecule has 1 atom stereocenters. The molecule has 1 N–H and O–H groups in total. The predicted molar refractivity (Wildman–Crippen MR) is 83.1 cm³/mol. The number of carbonyl (C=O) groups excluding carboxylic acids is 2. The van der Waals surface area contributed by atoms with Crippen molar-refractivity contribution in [3.63, 3.8) is 0 Å². The second-order valence-electron chi connectivity index (χ2n) is 5.86. The van der Waals surface area contributed by atoms with Gasteiger partial charge in [0.15, 0.2) is 5.78 Å². The monoisotopic (exact) mass is 321 g/mol. The zero-order valence-corrected chi connectivity index (χ0v) is 14.6. The number of Topliss-reactive ketones (excluding diaryl/α,β-unsaturated/α-hetero) is 1. The van der Waals surface area contributed by atoms with E-state index in [4.69, 9.17) is 9.26 Å². The Kier molecular flexibility index (Phi) is 8.83. The van der Waals surface area contributed by atoms with Gasteiger partial charge in [0, 0.05) is 6.16 Å². The predicted octanol–water partition coefficient (Wildman–Crippen LogP) is 3.19. The number of ketones is 1. The molecule has 0 aromatic carbocycles. The zero-order chi connectivity index (χ0) is 16.5. The Labute approximate surface area is 127 Å². The number of hydrogen-bond donors (Lipinski definition) is 1. The van der Waals surface area contributed by atoms with Crippen LogP contribution in [0.3, 0.4) is 0 Å². The molecular weight excluding hydrogens is 293 g/mol. The summed E-state index contributed by atoms with van der Waals surface area (Å²) in [5.41, 5.74) is -0.616. The number of alkyl carbamates (subject to hydrolysis) is 1. The minimum absolute atomic E-state index is 0.142. The van der Waals surface area contributed by atoms with E-state index in [0.717, 1.165) is 12.8 Å². The van der Waals surface area contributed by atoms with E-state index in [2.05, 4.69) is 5.32 Å². The molecule has 0 rings (SSSR count). The van der Waals surface area contributed by atoms with Crippen LogP contribution in [0.1, 0.15) is 47.5 Å². The molecule has 1 amide bonds. The van der Waals surface area contributed by atoms with Crippen LogP contribution in [0.4, 0.5) is 4.79 Å². The molecule has 0 radical (unpaired) electrons. The van der Waals surface area contributed by atoms with E-state index in [1.54, 1.807) is 27.7 Å². The average molecular weight is 321 g/mol. The molecule has 21 heavy (non-hydrogen) atoms. The minimum atomic E-state index is -2.93. The average Bonchev–Trinajstić information content (AvgIpc) is 2.32. The van der Waals surface area contributed by atoms with E-state index in [9.17, 15) is 14.2 Å². The molecule has 124 valence electrons. The third-order valence-electron chi connectivity index (χ3n) is 2.46. The number of unbranched alkanes of at least 4 members (excludes halogenated alkanes) is 1. The van der Waals surface area contributed by atoms with Gasteiger partial charge in [0.25, 0.3) is 0 Å². The normalized spacial score (nSPS) is 14.3. The molecule has 0 fully saturated rings. The zero-order valence-electron chi connectivity index (χ0n) is 13.7. The van der Waals surface area contributed by atoms with Crippen molar-refractivity contribution in [3.8, 4) is 0 Å². The van der Waals surface area contributed by atoms with Crippen LogP contribution >= 0.6 is 7.37 Å². The first-order valence-electron chi connectivity index (χ1n) is 7.33. The van der Waals surface area contributed by atoms with Crippen molar-refractivity contribution in [2.75, 3.05) is 25.5 Å². The van der Waals surface area contributed by atoms with E-state index < -0.39 is 19.1 Å². The molecule has 7 heteroatoms. The summed E-state index contributed by atoms with van der Waals surface area (Å²) in [5.74, 6) is -0.311. The summed E-state index contributed by atoms with van der Waals surface area (Å²) in [7, 11) is -2.93. The fraction of sp³-hybridized carbons (Fsp3) is 0.857. The van der Waals surface area contributed by atoms with Crippen LogP contribution in [-0.4, -0.2) is 43.0 Å². The van der Waals surface area contributed by atoms with Gasteiger partial charge in [0.05, 0.1) is 19.3 Å². The Morgan fingerprint density at radius 3 is 2.29 bits per heavy atom. The minimum Gasteiger partial charge on any atom is -0.444 e. The fourth-order valence-corrected chi connectivity index (χ4v) is 3.93. The van der Waals surface area contributed by atoms with Crippen molar-refractivity contribution in [1.82, 2.24) is 5.32 Å². The highest BCUT2D eigenvalue weighted by atomic mass is 31.2. The van der Waals surface area contributed by atoms with E-state index in [1.165, 1.54) is 0 Å². The Balaban J connectivity index is 4.32. The lowest BCUT2D eigenvalue weighted by molar-refractivity contribution is -0.116. The maximum Gasteiger partial charge on any atom is 0.408 e. The van der Waals surface area contributed by atoms with Gasteiger partial charge in [-0.15, -0.1) is 0 Å². The number of amides is 1. The first-order valence-corrected chi connectivity index (χ1v) is 9.32. The van der Waals surface area contributed by atoms with Crippen LogP contribution in [0, 0.1) is 0 Å². The number of nitrogens with one attached hydrogen (secondary N) is 1. The first kappa shape index (κ1) is 20.1. The molecule has 0 aliphatic carbocycles. The molecule has 0 aliphatic heterocycles. The van der Waals surface area contributed by atoms with Gasteiger partial charge in [-0.25, -0.2) is 4.79 Å². The van der Waals surface area contributed by atoms with E-state index in [0.29, 0.717) is 12.8 Å². The summed E-state index contributed by atoms with van der Waals surface area (Å²) in [6.07, 6.45) is 1.24. The molecule has 1 unspecified atom stereocenters. The van der Waals surface area contributed by atoms with Gasteiger partial charge in [0.2, 0.25) is 7.37 Å². The summed E-state index contributed by atoms with van der Waals surface area (Å²) < 4.78 is 22.8. The van der Waals surface area contributed by atoms with Crippen molar-refractivity contribution in [2.45, 2.75) is 53.1 Å². The third kappa shape index (κ3) is 10.5. The van der Waals surface area contributed by atoms with Crippen molar-refractivity contribution < 1.29 is 23.4 Å². The van der Waals surface area contributed by atoms with Crippen LogP contribution in [0.25, 0.3) is 0 Å². The van der Waals surface area contributed by atoms with E-state index >= 15 is 0 Å². The van der Waals surface area contributed by atoms with Gasteiger partial charge in [-0.1, -0.05) is 13.3 Å². The van der Waals surface area contributed by atoms with Crippen molar-refractivity contribution in [3.05, 3.63) is 0 Å². The Bertz CT molecular complexity index is 389. The van der Waals surface area contributed by atoms with Crippen molar-refractivity contribution >= 4 is 19.2 Å². The van der Waals surface area contributed by atoms with Gasteiger partial charge in [-0.05, 0) is 34.1 Å². The molecule has 0 spiro atoms. The van der Waals surface area contributed by atoms with E-state index in [-0.39, 0.29) is 18.5 Å². The van der Waals surface area contributed by atoms with Gasteiger partial charge >= 0.3 is 6.09 Å². The maximum absolute atomic E-state index is 12.5. The smallest absolute Gasteiger partial charge is 0.408 e. The maximum atomic E-state index is 12.5. The number of hydrogen-bond acceptors (Lipinski definition) is 5. The summed E-state index contributed by atoms with van der Waals surface area (Å²) >= 11 is 0. The lowest BCUT2D eigenvalue weighted by Crippen LogP contribution is -2.36. The second-order valence-corrected chi connectivity index (χ2v) is 8.51. The largest absolute Gasteiger partial charge is 0.444 e. The highest BCUT2D eigenvalue weighted by molar-refractivity contribution is 7.59. The van der Waals surface area contributed by atoms with Gasteiger partial charge in [0.1, 0.15) is 5.60 Å². The summed E-state index contributed by atoms with van der Waals surface area (Å²) in [6.45, 7) is 9.07. The fourth-order valence-electron chi connectivity index (χ4n) is 1.63. The van der Waals surface area contributed by atoms with Crippen molar-refractivity contribution in [1.29, 1.82) is 0 Å². The number of rotatable bonds is 9. The van der Waals surface area contributed by atoms with Gasteiger partial charge in [-0.3, -0.25) is 9.36 Å². The Hall–Kier alpha value is -0.870. The first-order chi connectivity index (χ1) is 9.62. The summed E-state index contributed by atoms with van der Waals surface area (Å²) in [6, 6.07) is 0. The van der Waals surface area contributed by atoms with Crippen LogP contribution < -0.4 is 5.32 Å². The molecule has 0 saturated heterocycles.